The lowest BCUT2D eigenvalue weighted by Crippen LogP contribution is -2.29. The molecule has 0 heterocycles. The predicted octanol–water partition coefficient (Wildman–Crippen LogP) is 0.503. The van der Waals surface area contributed by atoms with Crippen LogP contribution in [0, 0.1) is 0 Å². The molecule has 0 spiro atoms. The van der Waals surface area contributed by atoms with E-state index in [1.165, 1.54) is 6.92 Å². The van der Waals surface area contributed by atoms with E-state index in [0.717, 1.165) is 51.7 Å². The maximum absolute atomic E-state index is 11.0. The largest absolute Gasteiger partial charge is 0.379 e. The zero-order valence-corrected chi connectivity index (χ0v) is 14.8. The number of carbonyl (C=O) groups excluding carboxylic acids is 2. The summed E-state index contributed by atoms with van der Waals surface area (Å²) in [4.78, 5) is 25.9. The molecule has 0 aromatic rings. The van der Waals surface area contributed by atoms with Gasteiger partial charge in [-0.15, -0.1) is 0 Å². The van der Waals surface area contributed by atoms with Crippen LogP contribution in [0.25, 0.3) is 0 Å². The van der Waals surface area contributed by atoms with Gasteiger partial charge in [-0.2, -0.15) is 0 Å². The number of amides is 2. The fourth-order valence-corrected chi connectivity index (χ4v) is 1.95. The number of hydrogen-bond donors (Lipinski definition) is 3. The molecule has 0 atom stereocenters. The number of carbonyl (C=O) groups is 2. The number of nitrogens with one attached hydrogen (secondary N) is 2. The van der Waals surface area contributed by atoms with Gasteiger partial charge in [-0.3, -0.25) is 14.4 Å². The van der Waals surface area contributed by atoms with Crippen LogP contribution in [0.4, 0.5) is 0 Å². The van der Waals surface area contributed by atoms with Gasteiger partial charge in [-0.05, 0) is 38.5 Å². The quantitative estimate of drug-likeness (QED) is 0.261. The molecule has 0 aliphatic carbocycles. The number of rotatable bonds is 17. The summed E-state index contributed by atoms with van der Waals surface area (Å²) in [5.74, 6) is 4.62. The molecule has 0 aromatic carbocycles. The fraction of sp³-hybridized carbons (Fsp3) is 0.875. The summed E-state index contributed by atoms with van der Waals surface area (Å²) < 4.78 is 10.9. The van der Waals surface area contributed by atoms with Crippen molar-refractivity contribution < 1.29 is 23.9 Å². The minimum atomic E-state index is -0.194. The second-order valence-electron chi connectivity index (χ2n) is 5.49. The summed E-state index contributed by atoms with van der Waals surface area (Å²) in [5, 5.41) is 5.48. The first kappa shape index (κ1) is 22.8. The van der Waals surface area contributed by atoms with E-state index in [2.05, 4.69) is 15.5 Å². The van der Waals surface area contributed by atoms with E-state index >= 15 is 0 Å². The Kier molecular flexibility index (Phi) is 17.2. The molecule has 4 N–H and O–H groups in total. The van der Waals surface area contributed by atoms with Gasteiger partial charge < -0.3 is 20.1 Å². The van der Waals surface area contributed by atoms with E-state index < -0.39 is 0 Å². The monoisotopic (exact) mass is 347 g/mol. The fourth-order valence-electron chi connectivity index (χ4n) is 1.95. The van der Waals surface area contributed by atoms with Gasteiger partial charge >= 0.3 is 0 Å². The van der Waals surface area contributed by atoms with Gasteiger partial charge in [0.2, 0.25) is 11.8 Å². The van der Waals surface area contributed by atoms with Gasteiger partial charge in [0.05, 0.1) is 13.2 Å². The van der Waals surface area contributed by atoms with Crippen LogP contribution in [0.1, 0.15) is 45.4 Å². The van der Waals surface area contributed by atoms with Gasteiger partial charge in [0.1, 0.15) is 6.61 Å². The van der Waals surface area contributed by atoms with Gasteiger partial charge in [-0.25, -0.2) is 5.90 Å². The van der Waals surface area contributed by atoms with Crippen molar-refractivity contribution in [3.8, 4) is 0 Å². The van der Waals surface area contributed by atoms with Crippen LogP contribution in [0.5, 0.6) is 0 Å². The normalized spacial score (nSPS) is 10.6. The minimum absolute atomic E-state index is 0.0225. The summed E-state index contributed by atoms with van der Waals surface area (Å²) >= 11 is 0. The Bertz CT molecular complexity index is 316. The van der Waals surface area contributed by atoms with Crippen molar-refractivity contribution in [2.45, 2.75) is 45.4 Å². The van der Waals surface area contributed by atoms with Crippen LogP contribution in [0.15, 0.2) is 0 Å². The number of ether oxygens (including phenoxy) is 2. The van der Waals surface area contributed by atoms with E-state index in [1.807, 2.05) is 0 Å². The molecule has 0 bridgehead atoms. The zero-order chi connectivity index (χ0) is 17.9. The molecule has 0 saturated carbocycles. The van der Waals surface area contributed by atoms with Crippen molar-refractivity contribution >= 4 is 11.8 Å². The minimum Gasteiger partial charge on any atom is -0.379 e. The third kappa shape index (κ3) is 18.8. The van der Waals surface area contributed by atoms with E-state index in [-0.39, 0.29) is 18.4 Å². The summed E-state index contributed by atoms with van der Waals surface area (Å²) in [6, 6.07) is 0. The molecule has 142 valence electrons. The maximum Gasteiger partial charge on any atom is 0.248 e. The highest BCUT2D eigenvalue weighted by atomic mass is 16.6. The predicted molar refractivity (Wildman–Crippen MR) is 91.2 cm³/mol. The molecule has 0 saturated heterocycles. The van der Waals surface area contributed by atoms with Gasteiger partial charge in [0.15, 0.2) is 0 Å². The average molecular weight is 347 g/mol. The lowest BCUT2D eigenvalue weighted by atomic mass is 10.2. The van der Waals surface area contributed by atoms with E-state index in [4.69, 9.17) is 15.4 Å². The molecule has 8 heteroatoms. The van der Waals surface area contributed by atoms with Crippen LogP contribution < -0.4 is 16.5 Å². The van der Waals surface area contributed by atoms with Crippen molar-refractivity contribution in [2.24, 2.45) is 5.90 Å². The van der Waals surface area contributed by atoms with Crippen LogP contribution in [-0.4, -0.2) is 57.9 Å². The Morgan fingerprint density at radius 1 is 0.792 bits per heavy atom. The highest BCUT2D eigenvalue weighted by Gasteiger charge is 1.98. The van der Waals surface area contributed by atoms with Crippen molar-refractivity contribution in [1.29, 1.82) is 0 Å². The first-order chi connectivity index (χ1) is 11.7. The van der Waals surface area contributed by atoms with Crippen molar-refractivity contribution in [2.75, 3.05) is 46.1 Å². The maximum atomic E-state index is 11.0. The van der Waals surface area contributed by atoms with Gasteiger partial charge in [0.25, 0.3) is 0 Å². The van der Waals surface area contributed by atoms with Crippen LogP contribution >= 0.6 is 0 Å². The molecule has 0 rings (SSSR count). The highest BCUT2D eigenvalue weighted by molar-refractivity contribution is 5.77. The summed E-state index contributed by atoms with van der Waals surface area (Å²) in [6.45, 7) is 5.46. The molecule has 0 radical (unpaired) electrons. The molecular weight excluding hydrogens is 314 g/mol. The van der Waals surface area contributed by atoms with Crippen LogP contribution in [0.2, 0.25) is 0 Å². The van der Waals surface area contributed by atoms with E-state index in [9.17, 15) is 9.59 Å². The van der Waals surface area contributed by atoms with Gasteiger partial charge in [-0.1, -0.05) is 0 Å². The number of nitrogens with two attached hydrogens (primary N) is 1. The second kappa shape index (κ2) is 18.1. The molecule has 0 aliphatic rings. The van der Waals surface area contributed by atoms with Gasteiger partial charge in [0, 0.05) is 33.2 Å². The first-order valence-electron chi connectivity index (χ1n) is 8.65. The zero-order valence-electron chi connectivity index (χ0n) is 14.8. The Morgan fingerprint density at radius 3 is 1.83 bits per heavy atom. The SMILES string of the molecule is CC(=O)NCCCCCOCCOCCCCCNC(=O)CON. The first-order valence-corrected chi connectivity index (χ1v) is 8.65. The molecule has 8 nitrogen and oxygen atoms in total. The van der Waals surface area contributed by atoms with Crippen LogP contribution in [0.3, 0.4) is 0 Å². The number of unbranched alkanes of at least 4 members (excludes halogenated alkanes) is 4. The molecule has 0 fully saturated rings. The van der Waals surface area contributed by atoms with E-state index in [1.54, 1.807) is 0 Å². The molecule has 24 heavy (non-hydrogen) atoms. The van der Waals surface area contributed by atoms with Crippen molar-refractivity contribution in [3.05, 3.63) is 0 Å². The molecule has 2 amide bonds. The Morgan fingerprint density at radius 2 is 1.33 bits per heavy atom. The molecular formula is C16H33N3O5. The standard InChI is InChI=1S/C16H33N3O5/c1-15(20)18-8-4-2-6-10-22-12-13-23-11-7-3-5-9-19-16(21)14-24-17/h2-14,17H2,1H3,(H,18,20)(H,19,21). The molecule has 0 unspecified atom stereocenters. The lowest BCUT2D eigenvalue weighted by Gasteiger charge is -2.07. The Balaban J connectivity index is 3.05. The third-order valence-electron chi connectivity index (χ3n) is 3.21. The summed E-state index contributed by atoms with van der Waals surface area (Å²) in [5.41, 5.74) is 0. The Labute approximate surface area is 144 Å². The topological polar surface area (TPSA) is 112 Å². The number of hydrogen-bond acceptors (Lipinski definition) is 6. The summed E-state index contributed by atoms with van der Waals surface area (Å²) in [7, 11) is 0. The van der Waals surface area contributed by atoms with Crippen molar-refractivity contribution in [3.63, 3.8) is 0 Å². The van der Waals surface area contributed by atoms with E-state index in [0.29, 0.717) is 26.4 Å². The Hall–Kier alpha value is -1.22. The van der Waals surface area contributed by atoms with Crippen molar-refractivity contribution in [1.82, 2.24) is 10.6 Å². The highest BCUT2D eigenvalue weighted by Crippen LogP contribution is 1.96. The average Bonchev–Trinajstić information content (AvgIpc) is 2.54. The summed E-state index contributed by atoms with van der Waals surface area (Å²) in [6.07, 6.45) is 5.91. The molecule has 0 aliphatic heterocycles. The van der Waals surface area contributed by atoms with Crippen LogP contribution in [-0.2, 0) is 23.9 Å². The second-order valence-corrected chi connectivity index (χ2v) is 5.49. The third-order valence-corrected chi connectivity index (χ3v) is 3.21. The smallest absolute Gasteiger partial charge is 0.248 e. The lowest BCUT2D eigenvalue weighted by molar-refractivity contribution is -0.125. The molecule has 0 aromatic heterocycles.